The van der Waals surface area contributed by atoms with Gasteiger partial charge in [0.05, 0.1) is 0 Å². The molecule has 2 saturated heterocycles. The quantitative estimate of drug-likeness (QED) is 0.706. The van der Waals surface area contributed by atoms with Gasteiger partial charge in [-0.1, -0.05) is 5.16 Å². The maximum Gasteiger partial charge on any atom is 0.327 e. The molecule has 3 heterocycles. The number of carbonyl (C=O) groups excluding carboxylic acids is 2. The van der Waals surface area contributed by atoms with Gasteiger partial charge in [-0.2, -0.15) is 4.98 Å². The van der Waals surface area contributed by atoms with Crippen LogP contribution in [0.4, 0.5) is 0 Å². The molecule has 2 aliphatic rings. The van der Waals surface area contributed by atoms with E-state index < -0.39 is 28.7 Å². The van der Waals surface area contributed by atoms with Crippen LogP contribution in [-0.4, -0.2) is 60.1 Å². The Morgan fingerprint density at radius 3 is 2.74 bits per heavy atom. The molecule has 0 bridgehead atoms. The molecule has 2 amide bonds. The third-order valence-electron chi connectivity index (χ3n) is 3.87. The van der Waals surface area contributed by atoms with E-state index in [-0.39, 0.29) is 23.6 Å². The lowest BCUT2D eigenvalue weighted by atomic mass is 9.96. The number of carboxylic acid groups (broad SMARTS) is 1. The van der Waals surface area contributed by atoms with Gasteiger partial charge < -0.3 is 19.8 Å². The van der Waals surface area contributed by atoms with Crippen molar-refractivity contribution in [3.63, 3.8) is 0 Å². The molecule has 1 aromatic rings. The van der Waals surface area contributed by atoms with Crippen molar-refractivity contribution in [2.24, 2.45) is 0 Å². The largest absolute Gasteiger partial charge is 0.480 e. The molecule has 1 unspecified atom stereocenters. The molecule has 2 fully saturated rings. The zero-order valence-corrected chi connectivity index (χ0v) is 13.6. The molecule has 0 radical (unpaired) electrons. The number of carboxylic acids is 1. The maximum atomic E-state index is 12.2. The fourth-order valence-corrected chi connectivity index (χ4v) is 4.54. The van der Waals surface area contributed by atoms with E-state index in [1.54, 1.807) is 20.8 Å². The first-order chi connectivity index (χ1) is 10.7. The van der Waals surface area contributed by atoms with Crippen molar-refractivity contribution in [2.75, 3.05) is 0 Å². The Morgan fingerprint density at radius 1 is 1.48 bits per heavy atom. The second kappa shape index (κ2) is 5.22. The summed E-state index contributed by atoms with van der Waals surface area (Å²) in [5.41, 5.74) is 0. The molecule has 1 aromatic heterocycles. The Kier molecular flexibility index (Phi) is 3.58. The third kappa shape index (κ3) is 2.56. The minimum atomic E-state index is -1.04. The van der Waals surface area contributed by atoms with Crippen molar-refractivity contribution < 1.29 is 24.0 Å². The first-order valence-corrected chi connectivity index (χ1v) is 7.90. The Hall–Kier alpha value is -2.10. The van der Waals surface area contributed by atoms with Crippen LogP contribution in [0, 0.1) is 6.92 Å². The van der Waals surface area contributed by atoms with Crippen LogP contribution in [0.1, 0.15) is 25.6 Å². The topological polar surface area (TPSA) is 126 Å². The van der Waals surface area contributed by atoms with Crippen molar-refractivity contribution in [2.45, 2.75) is 49.4 Å². The number of hydrogen-bond donors (Lipinski definition) is 2. The van der Waals surface area contributed by atoms with Crippen LogP contribution in [0.15, 0.2) is 4.52 Å². The minimum absolute atomic E-state index is 0.117. The van der Waals surface area contributed by atoms with Crippen molar-refractivity contribution >= 4 is 29.5 Å². The fraction of sp³-hybridized carbons (Fsp3) is 0.615. The molecule has 2 aliphatic heterocycles. The van der Waals surface area contributed by atoms with E-state index >= 15 is 0 Å². The van der Waals surface area contributed by atoms with E-state index in [1.807, 2.05) is 0 Å². The van der Waals surface area contributed by atoms with Crippen LogP contribution in [0.5, 0.6) is 0 Å². The molecule has 23 heavy (non-hydrogen) atoms. The molecule has 124 valence electrons. The molecule has 10 heteroatoms. The summed E-state index contributed by atoms with van der Waals surface area (Å²) in [6.07, 6.45) is -0.117. The number of hydrogen-bond acceptors (Lipinski definition) is 7. The summed E-state index contributed by atoms with van der Waals surface area (Å²) < 4.78 is 4.25. The number of nitrogens with zero attached hydrogens (tertiary/aromatic N) is 3. The summed E-state index contributed by atoms with van der Waals surface area (Å²) in [5, 5.41) is 15.2. The Morgan fingerprint density at radius 2 is 2.17 bits per heavy atom. The predicted molar refractivity (Wildman–Crippen MR) is 78.4 cm³/mol. The smallest absolute Gasteiger partial charge is 0.327 e. The monoisotopic (exact) mass is 340 g/mol. The van der Waals surface area contributed by atoms with Gasteiger partial charge in [-0.3, -0.25) is 9.59 Å². The SMILES string of the molecule is Cc1noc(CC(=O)NC2C(=O)N3[C@@H]2SC(C)(C)[C@@H]3C(=O)O)n1. The number of thioether (sulfide) groups is 1. The van der Waals surface area contributed by atoms with Crippen molar-refractivity contribution in [3.05, 3.63) is 11.7 Å². The lowest BCUT2D eigenvalue weighted by molar-refractivity contribution is -0.161. The number of aromatic nitrogens is 2. The van der Waals surface area contributed by atoms with Gasteiger partial charge in [-0.05, 0) is 20.8 Å². The minimum Gasteiger partial charge on any atom is -0.480 e. The van der Waals surface area contributed by atoms with E-state index in [9.17, 15) is 19.5 Å². The number of aliphatic carboxylic acids is 1. The number of carbonyl (C=O) groups is 3. The molecule has 0 aromatic carbocycles. The summed E-state index contributed by atoms with van der Waals surface area (Å²) >= 11 is 1.38. The van der Waals surface area contributed by atoms with E-state index in [4.69, 9.17) is 4.52 Å². The zero-order valence-electron chi connectivity index (χ0n) is 12.8. The summed E-state index contributed by atoms with van der Waals surface area (Å²) in [4.78, 5) is 40.9. The molecule has 3 rings (SSSR count). The molecular formula is C13H16N4O5S. The van der Waals surface area contributed by atoms with E-state index in [0.717, 1.165) is 0 Å². The lowest BCUT2D eigenvalue weighted by Crippen LogP contribution is -2.70. The van der Waals surface area contributed by atoms with E-state index in [0.29, 0.717) is 5.82 Å². The van der Waals surface area contributed by atoms with Gasteiger partial charge in [-0.15, -0.1) is 11.8 Å². The maximum absolute atomic E-state index is 12.2. The van der Waals surface area contributed by atoms with E-state index in [1.165, 1.54) is 16.7 Å². The molecule has 9 nitrogen and oxygen atoms in total. The molecule has 3 atom stereocenters. The average Bonchev–Trinajstić information content (AvgIpc) is 2.95. The number of β-lactam (4-membered cyclic amide) rings is 1. The van der Waals surface area contributed by atoms with Gasteiger partial charge >= 0.3 is 5.97 Å². The lowest BCUT2D eigenvalue weighted by Gasteiger charge is -2.43. The average molecular weight is 340 g/mol. The normalized spacial score (nSPS) is 28.2. The number of aryl methyl sites for hydroxylation is 1. The van der Waals surface area contributed by atoms with Gasteiger partial charge in [0.15, 0.2) is 5.82 Å². The molecular weight excluding hydrogens is 324 g/mol. The van der Waals surface area contributed by atoms with Crippen LogP contribution in [-0.2, 0) is 20.8 Å². The molecule has 0 spiro atoms. The Labute approximate surface area is 135 Å². The summed E-state index contributed by atoms with van der Waals surface area (Å²) in [7, 11) is 0. The van der Waals surface area contributed by atoms with Gasteiger partial charge in [0.2, 0.25) is 17.7 Å². The highest BCUT2D eigenvalue weighted by Crippen LogP contribution is 2.50. The van der Waals surface area contributed by atoms with Crippen LogP contribution in [0.25, 0.3) is 0 Å². The first-order valence-electron chi connectivity index (χ1n) is 7.02. The highest BCUT2D eigenvalue weighted by molar-refractivity contribution is 8.01. The fourth-order valence-electron chi connectivity index (χ4n) is 2.92. The Balaban J connectivity index is 1.66. The van der Waals surface area contributed by atoms with Gasteiger partial charge in [0.1, 0.15) is 23.9 Å². The van der Waals surface area contributed by atoms with Crippen molar-refractivity contribution in [1.82, 2.24) is 20.4 Å². The molecule has 0 saturated carbocycles. The van der Waals surface area contributed by atoms with Crippen LogP contribution in [0.3, 0.4) is 0 Å². The number of fused-ring (bicyclic) bond motifs is 1. The third-order valence-corrected chi connectivity index (χ3v) is 5.44. The van der Waals surface area contributed by atoms with Crippen molar-refractivity contribution in [3.8, 4) is 0 Å². The highest BCUT2D eigenvalue weighted by atomic mass is 32.2. The van der Waals surface area contributed by atoms with Gasteiger partial charge in [0, 0.05) is 4.75 Å². The Bertz CT molecular complexity index is 688. The van der Waals surface area contributed by atoms with Crippen LogP contribution >= 0.6 is 11.8 Å². The number of amides is 2. The van der Waals surface area contributed by atoms with Gasteiger partial charge in [0.25, 0.3) is 0 Å². The standard InChI is InChI=1S/C13H16N4O5S/c1-5-14-7(22-16-5)4-6(18)15-8-10(19)17-9(12(20)21)13(2,3)23-11(8)17/h8-9,11H,4H2,1-3H3,(H,15,18)(H,20,21)/t8?,9-,11+/m0/s1. The van der Waals surface area contributed by atoms with Crippen LogP contribution < -0.4 is 5.32 Å². The second-order valence-corrected chi connectivity index (χ2v) is 7.83. The first kappa shape index (κ1) is 15.8. The van der Waals surface area contributed by atoms with Crippen LogP contribution in [0.2, 0.25) is 0 Å². The van der Waals surface area contributed by atoms with Crippen molar-refractivity contribution in [1.29, 1.82) is 0 Å². The highest BCUT2D eigenvalue weighted by Gasteiger charge is 2.64. The number of nitrogens with one attached hydrogen (secondary N) is 1. The molecule has 0 aliphatic carbocycles. The van der Waals surface area contributed by atoms with Gasteiger partial charge in [-0.25, -0.2) is 4.79 Å². The summed E-state index contributed by atoms with van der Waals surface area (Å²) in [6, 6.07) is -1.61. The molecule has 2 N–H and O–H groups in total. The number of rotatable bonds is 4. The summed E-state index contributed by atoms with van der Waals surface area (Å²) in [6.45, 7) is 5.20. The van der Waals surface area contributed by atoms with E-state index in [2.05, 4.69) is 15.5 Å². The second-order valence-electron chi connectivity index (χ2n) is 6.06. The predicted octanol–water partition coefficient (Wildman–Crippen LogP) is -0.448. The zero-order chi connectivity index (χ0) is 16.9. The summed E-state index contributed by atoms with van der Waals surface area (Å²) in [5.74, 6) is -1.23.